The molecule has 0 saturated heterocycles. The van der Waals surface area contributed by atoms with Gasteiger partial charge in [0.1, 0.15) is 18.8 Å². The van der Waals surface area contributed by atoms with E-state index in [4.69, 9.17) is 9.47 Å². The van der Waals surface area contributed by atoms with Crippen molar-refractivity contribution in [1.82, 2.24) is 5.32 Å². The van der Waals surface area contributed by atoms with E-state index in [1.54, 1.807) is 0 Å². The van der Waals surface area contributed by atoms with E-state index in [-0.39, 0.29) is 13.2 Å². The molecule has 1 saturated carbocycles. The Bertz CT molecular complexity index is 724. The molecule has 0 spiro atoms. The van der Waals surface area contributed by atoms with Crippen molar-refractivity contribution in [3.05, 3.63) is 71.8 Å². The molecule has 0 atom stereocenters. The summed E-state index contributed by atoms with van der Waals surface area (Å²) in [5.74, 6) is -0.393. The number of hydrogen-bond acceptors (Lipinski definition) is 4. The lowest BCUT2D eigenvalue weighted by molar-refractivity contribution is -0.152. The Morgan fingerprint density at radius 3 is 1.85 bits per heavy atom. The first-order valence-electron chi connectivity index (χ1n) is 8.88. The van der Waals surface area contributed by atoms with Gasteiger partial charge in [-0.25, -0.2) is 9.59 Å². The fraction of sp³-hybridized carbons (Fsp3) is 0.333. The summed E-state index contributed by atoms with van der Waals surface area (Å²) < 4.78 is 10.7. The smallest absolute Gasteiger partial charge is 0.408 e. The number of rotatable bonds is 6. The minimum Gasteiger partial charge on any atom is -0.459 e. The number of carbonyl (C=O) groups excluding carboxylic acids is 2. The number of benzene rings is 2. The van der Waals surface area contributed by atoms with Gasteiger partial charge in [-0.15, -0.1) is 0 Å². The fourth-order valence-electron chi connectivity index (χ4n) is 3.17. The Labute approximate surface area is 153 Å². The molecule has 0 unspecified atom stereocenters. The van der Waals surface area contributed by atoms with Crippen LogP contribution in [0.2, 0.25) is 0 Å². The summed E-state index contributed by atoms with van der Waals surface area (Å²) in [5, 5.41) is 2.76. The summed E-state index contributed by atoms with van der Waals surface area (Å²) in [6.07, 6.45) is 2.30. The molecule has 0 aliphatic heterocycles. The number of amides is 1. The van der Waals surface area contributed by atoms with Crippen molar-refractivity contribution in [3.63, 3.8) is 0 Å². The molecule has 1 N–H and O–H groups in total. The van der Waals surface area contributed by atoms with Crippen LogP contribution in [0.5, 0.6) is 0 Å². The van der Waals surface area contributed by atoms with E-state index in [9.17, 15) is 9.59 Å². The average molecular weight is 353 g/mol. The molecule has 2 aromatic carbocycles. The molecule has 2 aromatic rings. The number of esters is 1. The summed E-state index contributed by atoms with van der Waals surface area (Å²) in [7, 11) is 0. The van der Waals surface area contributed by atoms with Gasteiger partial charge in [0.25, 0.3) is 0 Å². The van der Waals surface area contributed by atoms with E-state index in [2.05, 4.69) is 5.32 Å². The Balaban J connectivity index is 1.56. The van der Waals surface area contributed by atoms with Crippen LogP contribution in [0.4, 0.5) is 4.79 Å². The van der Waals surface area contributed by atoms with E-state index in [1.807, 2.05) is 60.7 Å². The third kappa shape index (κ3) is 4.63. The second-order valence-electron chi connectivity index (χ2n) is 6.54. The molecule has 1 amide bonds. The van der Waals surface area contributed by atoms with Crippen molar-refractivity contribution >= 4 is 12.1 Å². The van der Waals surface area contributed by atoms with Crippen LogP contribution < -0.4 is 5.32 Å². The molecule has 136 valence electrons. The minimum atomic E-state index is -0.984. The molecule has 26 heavy (non-hydrogen) atoms. The highest BCUT2D eigenvalue weighted by Crippen LogP contribution is 2.31. The van der Waals surface area contributed by atoms with Gasteiger partial charge >= 0.3 is 12.1 Å². The molecule has 0 aromatic heterocycles. The Morgan fingerprint density at radius 2 is 1.31 bits per heavy atom. The van der Waals surface area contributed by atoms with Crippen LogP contribution in [0.3, 0.4) is 0 Å². The van der Waals surface area contributed by atoms with Crippen molar-refractivity contribution in [2.45, 2.75) is 44.4 Å². The standard InChI is InChI=1S/C21H23NO4/c23-19(25-15-17-9-3-1-4-10-17)21(13-7-8-14-21)22-20(24)26-16-18-11-5-2-6-12-18/h1-6,9-12H,7-8,13-16H2,(H,22,24). The summed E-state index contributed by atoms with van der Waals surface area (Å²) in [5.41, 5.74) is 0.832. The molecule has 5 nitrogen and oxygen atoms in total. The first kappa shape index (κ1) is 18.0. The van der Waals surface area contributed by atoms with E-state index in [0.29, 0.717) is 12.8 Å². The van der Waals surface area contributed by atoms with Gasteiger partial charge < -0.3 is 14.8 Å². The van der Waals surface area contributed by atoms with Gasteiger partial charge in [0, 0.05) is 0 Å². The van der Waals surface area contributed by atoms with Crippen LogP contribution in [-0.2, 0) is 27.5 Å². The highest BCUT2D eigenvalue weighted by molar-refractivity contribution is 5.86. The Hall–Kier alpha value is -2.82. The summed E-state index contributed by atoms with van der Waals surface area (Å²) in [6.45, 7) is 0.365. The first-order chi connectivity index (χ1) is 12.7. The van der Waals surface area contributed by atoms with Crippen molar-refractivity contribution < 1.29 is 19.1 Å². The second-order valence-corrected chi connectivity index (χ2v) is 6.54. The van der Waals surface area contributed by atoms with Crippen LogP contribution >= 0.6 is 0 Å². The van der Waals surface area contributed by atoms with Crippen LogP contribution in [0.1, 0.15) is 36.8 Å². The van der Waals surface area contributed by atoms with E-state index < -0.39 is 17.6 Å². The van der Waals surface area contributed by atoms with Gasteiger partial charge in [0.05, 0.1) is 0 Å². The van der Waals surface area contributed by atoms with Crippen molar-refractivity contribution in [1.29, 1.82) is 0 Å². The molecule has 1 aliphatic carbocycles. The van der Waals surface area contributed by atoms with Crippen LogP contribution in [0.15, 0.2) is 60.7 Å². The lowest BCUT2D eigenvalue weighted by Gasteiger charge is -2.27. The quantitative estimate of drug-likeness (QED) is 0.798. The number of ether oxygens (including phenoxy) is 2. The van der Waals surface area contributed by atoms with Gasteiger partial charge in [0.15, 0.2) is 0 Å². The molecule has 0 bridgehead atoms. The highest BCUT2D eigenvalue weighted by Gasteiger charge is 2.44. The monoisotopic (exact) mass is 353 g/mol. The lowest BCUT2D eigenvalue weighted by atomic mass is 9.98. The maximum Gasteiger partial charge on any atom is 0.408 e. The maximum absolute atomic E-state index is 12.7. The average Bonchev–Trinajstić information content (AvgIpc) is 3.16. The van der Waals surface area contributed by atoms with Crippen molar-refractivity contribution in [3.8, 4) is 0 Å². The number of nitrogens with one attached hydrogen (secondary N) is 1. The third-order valence-corrected chi connectivity index (χ3v) is 4.61. The number of hydrogen-bond donors (Lipinski definition) is 1. The van der Waals surface area contributed by atoms with Crippen molar-refractivity contribution in [2.75, 3.05) is 0 Å². The lowest BCUT2D eigenvalue weighted by Crippen LogP contribution is -2.53. The zero-order valence-electron chi connectivity index (χ0n) is 14.6. The molecule has 3 rings (SSSR count). The van der Waals surface area contributed by atoms with E-state index in [0.717, 1.165) is 24.0 Å². The van der Waals surface area contributed by atoms with Crippen LogP contribution in [0.25, 0.3) is 0 Å². The van der Waals surface area contributed by atoms with Gasteiger partial charge in [-0.2, -0.15) is 0 Å². The SMILES string of the molecule is O=C(NC1(C(=O)OCc2ccccc2)CCCC1)OCc1ccccc1. The van der Waals surface area contributed by atoms with Crippen molar-refractivity contribution in [2.24, 2.45) is 0 Å². The number of carbonyl (C=O) groups is 2. The third-order valence-electron chi connectivity index (χ3n) is 4.61. The topological polar surface area (TPSA) is 64.6 Å². The maximum atomic E-state index is 12.7. The Kier molecular flexibility index (Phi) is 5.89. The normalized spacial score (nSPS) is 15.2. The second kappa shape index (κ2) is 8.52. The first-order valence-corrected chi connectivity index (χ1v) is 8.88. The molecular formula is C21H23NO4. The van der Waals surface area contributed by atoms with Gasteiger partial charge in [-0.05, 0) is 24.0 Å². The zero-order valence-corrected chi connectivity index (χ0v) is 14.6. The highest BCUT2D eigenvalue weighted by atomic mass is 16.6. The molecule has 1 aliphatic rings. The predicted molar refractivity (Wildman–Crippen MR) is 97.2 cm³/mol. The molecule has 0 radical (unpaired) electrons. The Morgan fingerprint density at radius 1 is 0.808 bits per heavy atom. The molecular weight excluding hydrogens is 330 g/mol. The molecule has 5 heteroatoms. The van der Waals surface area contributed by atoms with Gasteiger partial charge in [-0.1, -0.05) is 73.5 Å². The molecule has 0 heterocycles. The summed E-state index contributed by atoms with van der Waals surface area (Å²) in [4.78, 5) is 24.9. The zero-order chi connectivity index (χ0) is 18.2. The summed E-state index contributed by atoms with van der Waals surface area (Å²) >= 11 is 0. The van der Waals surface area contributed by atoms with E-state index in [1.165, 1.54) is 0 Å². The predicted octanol–water partition coefficient (Wildman–Crippen LogP) is 3.97. The van der Waals surface area contributed by atoms with Crippen LogP contribution in [0, 0.1) is 0 Å². The van der Waals surface area contributed by atoms with Crippen LogP contribution in [-0.4, -0.2) is 17.6 Å². The minimum absolute atomic E-state index is 0.168. The fourth-order valence-corrected chi connectivity index (χ4v) is 3.17. The molecule has 1 fully saturated rings. The van der Waals surface area contributed by atoms with Gasteiger partial charge in [0.2, 0.25) is 0 Å². The van der Waals surface area contributed by atoms with Gasteiger partial charge in [-0.3, -0.25) is 0 Å². The summed E-state index contributed by atoms with van der Waals surface area (Å²) in [6, 6.07) is 18.9. The van der Waals surface area contributed by atoms with E-state index >= 15 is 0 Å². The number of alkyl carbamates (subject to hydrolysis) is 1. The largest absolute Gasteiger partial charge is 0.459 e.